The highest BCUT2D eigenvalue weighted by molar-refractivity contribution is 6.29. The second-order valence-corrected chi connectivity index (χ2v) is 2.99. The van der Waals surface area contributed by atoms with E-state index >= 15 is 0 Å². The number of nitro groups is 1. The number of aryl methyl sites for hydroxylation is 1. The second kappa shape index (κ2) is 4.18. The van der Waals surface area contributed by atoms with Gasteiger partial charge in [0.15, 0.2) is 0 Å². The summed E-state index contributed by atoms with van der Waals surface area (Å²) in [6.45, 7) is 1.94. The number of hydrogen-bond acceptors (Lipinski definition) is 3. The van der Waals surface area contributed by atoms with Gasteiger partial charge in [-0.25, -0.2) is 4.98 Å². The van der Waals surface area contributed by atoms with E-state index in [0.29, 0.717) is 17.3 Å². The van der Waals surface area contributed by atoms with Crippen molar-refractivity contribution in [2.24, 2.45) is 0 Å². The van der Waals surface area contributed by atoms with Crippen LogP contribution in [0.2, 0.25) is 5.15 Å². The van der Waals surface area contributed by atoms with Gasteiger partial charge < -0.3 is 0 Å². The minimum atomic E-state index is -0.436. The molecule has 0 aliphatic rings. The van der Waals surface area contributed by atoms with Crippen LogP contribution in [-0.2, 0) is 6.42 Å². The van der Waals surface area contributed by atoms with Crippen molar-refractivity contribution in [3.63, 3.8) is 0 Å². The molecule has 0 aliphatic heterocycles. The maximum absolute atomic E-state index is 10.5. The molecule has 0 bridgehead atoms. The Bertz CT molecular complexity index is 328. The molecule has 1 heterocycles. The van der Waals surface area contributed by atoms with E-state index < -0.39 is 4.92 Å². The Morgan fingerprint density at radius 3 is 2.85 bits per heavy atom. The zero-order valence-corrected chi connectivity index (χ0v) is 7.91. The maximum atomic E-state index is 10.5. The topological polar surface area (TPSA) is 56.0 Å². The summed E-state index contributed by atoms with van der Waals surface area (Å²) in [6, 6.07) is 2.82. The van der Waals surface area contributed by atoms with Crippen LogP contribution in [0.25, 0.3) is 0 Å². The van der Waals surface area contributed by atoms with Crippen molar-refractivity contribution >= 4 is 17.3 Å². The molecule has 0 amide bonds. The normalized spacial score (nSPS) is 10.0. The lowest BCUT2D eigenvalue weighted by molar-refractivity contribution is -0.385. The first-order valence-electron chi connectivity index (χ1n) is 3.95. The van der Waals surface area contributed by atoms with Gasteiger partial charge in [-0.3, -0.25) is 10.1 Å². The fraction of sp³-hybridized carbons (Fsp3) is 0.375. The van der Waals surface area contributed by atoms with Crippen molar-refractivity contribution in [3.8, 4) is 0 Å². The van der Waals surface area contributed by atoms with E-state index in [2.05, 4.69) is 4.98 Å². The molecule has 0 atom stereocenters. The van der Waals surface area contributed by atoms with Crippen molar-refractivity contribution in [3.05, 3.63) is 33.1 Å². The molecule has 0 unspecified atom stereocenters. The average Bonchev–Trinajstić information content (AvgIpc) is 2.04. The molecule has 1 aromatic heterocycles. The van der Waals surface area contributed by atoms with Crippen molar-refractivity contribution in [1.29, 1.82) is 0 Å². The third-order valence-corrected chi connectivity index (χ3v) is 1.81. The molecule has 0 spiro atoms. The summed E-state index contributed by atoms with van der Waals surface area (Å²) in [5.74, 6) is 0. The summed E-state index contributed by atoms with van der Waals surface area (Å²) < 4.78 is 0. The summed E-state index contributed by atoms with van der Waals surface area (Å²) in [5.41, 5.74) is 0.506. The second-order valence-electron chi connectivity index (χ2n) is 2.61. The molecule has 5 heteroatoms. The smallest absolute Gasteiger partial charge is 0.258 e. The van der Waals surface area contributed by atoms with E-state index in [1.165, 1.54) is 12.1 Å². The molecule has 0 aliphatic carbocycles. The largest absolute Gasteiger partial charge is 0.290 e. The van der Waals surface area contributed by atoms with E-state index in [-0.39, 0.29) is 5.69 Å². The SMILES string of the molecule is CCCc1nc(Cl)ccc1[N+](=O)[O-]. The molecule has 1 rings (SSSR count). The lowest BCUT2D eigenvalue weighted by Crippen LogP contribution is -1.98. The van der Waals surface area contributed by atoms with Gasteiger partial charge in [0, 0.05) is 6.07 Å². The number of aromatic nitrogens is 1. The van der Waals surface area contributed by atoms with Crippen molar-refractivity contribution in [2.75, 3.05) is 0 Å². The highest BCUT2D eigenvalue weighted by Gasteiger charge is 2.13. The third-order valence-electron chi connectivity index (χ3n) is 1.60. The van der Waals surface area contributed by atoms with Gasteiger partial charge in [-0.1, -0.05) is 24.9 Å². The first-order valence-corrected chi connectivity index (χ1v) is 4.32. The highest BCUT2D eigenvalue weighted by Crippen LogP contribution is 2.20. The van der Waals surface area contributed by atoms with Gasteiger partial charge in [0.1, 0.15) is 10.8 Å². The van der Waals surface area contributed by atoms with Crippen LogP contribution < -0.4 is 0 Å². The molecular weight excluding hydrogens is 192 g/mol. The Hall–Kier alpha value is -1.16. The fourth-order valence-corrected chi connectivity index (χ4v) is 1.22. The van der Waals surface area contributed by atoms with Crippen LogP contribution in [0, 0.1) is 10.1 Å². The lowest BCUT2D eigenvalue weighted by atomic mass is 10.2. The Labute approximate surface area is 80.7 Å². The van der Waals surface area contributed by atoms with Gasteiger partial charge in [-0.05, 0) is 12.5 Å². The molecule has 1 aromatic rings. The maximum Gasteiger partial charge on any atom is 0.290 e. The van der Waals surface area contributed by atoms with Crippen LogP contribution in [-0.4, -0.2) is 9.91 Å². The number of rotatable bonds is 3. The molecule has 4 nitrogen and oxygen atoms in total. The van der Waals surface area contributed by atoms with E-state index in [1.807, 2.05) is 6.92 Å². The summed E-state index contributed by atoms with van der Waals surface area (Å²) in [6.07, 6.45) is 1.39. The van der Waals surface area contributed by atoms with Crippen molar-refractivity contribution < 1.29 is 4.92 Å². The molecule has 0 aromatic carbocycles. The van der Waals surface area contributed by atoms with Crippen molar-refractivity contribution in [1.82, 2.24) is 4.98 Å². The fourth-order valence-electron chi connectivity index (χ4n) is 1.05. The predicted molar refractivity (Wildman–Crippen MR) is 49.9 cm³/mol. The van der Waals surface area contributed by atoms with E-state index in [1.54, 1.807) is 0 Å². The van der Waals surface area contributed by atoms with E-state index in [9.17, 15) is 10.1 Å². The van der Waals surface area contributed by atoms with Crippen molar-refractivity contribution in [2.45, 2.75) is 19.8 Å². The molecule has 13 heavy (non-hydrogen) atoms. The standard InChI is InChI=1S/C8H9ClN2O2/c1-2-3-6-7(11(12)13)4-5-8(9)10-6/h4-5H,2-3H2,1H3. The van der Waals surface area contributed by atoms with Gasteiger partial charge in [0.2, 0.25) is 0 Å². The third kappa shape index (κ3) is 2.39. The average molecular weight is 201 g/mol. The van der Waals surface area contributed by atoms with Gasteiger partial charge in [0.05, 0.1) is 4.92 Å². The van der Waals surface area contributed by atoms with Crippen LogP contribution in [0.1, 0.15) is 19.0 Å². The summed E-state index contributed by atoms with van der Waals surface area (Å²) in [7, 11) is 0. The molecule has 0 fully saturated rings. The van der Waals surface area contributed by atoms with Crippen LogP contribution in [0.15, 0.2) is 12.1 Å². The van der Waals surface area contributed by atoms with Gasteiger partial charge in [-0.2, -0.15) is 0 Å². The van der Waals surface area contributed by atoms with Gasteiger partial charge >= 0.3 is 0 Å². The number of hydrogen-bond donors (Lipinski definition) is 0. The Kier molecular flexibility index (Phi) is 3.19. The zero-order chi connectivity index (χ0) is 9.84. The van der Waals surface area contributed by atoms with Gasteiger partial charge in [-0.15, -0.1) is 0 Å². The van der Waals surface area contributed by atoms with Crippen LogP contribution >= 0.6 is 11.6 Å². The molecule has 0 saturated carbocycles. The first-order chi connectivity index (χ1) is 6.15. The minimum absolute atomic E-state index is 0.0475. The summed E-state index contributed by atoms with van der Waals surface area (Å²) in [4.78, 5) is 14.0. The number of halogens is 1. The van der Waals surface area contributed by atoms with Crippen LogP contribution in [0.5, 0.6) is 0 Å². The molecule has 0 radical (unpaired) electrons. The number of pyridine rings is 1. The zero-order valence-electron chi connectivity index (χ0n) is 7.16. The highest BCUT2D eigenvalue weighted by atomic mass is 35.5. The first kappa shape index (κ1) is 9.92. The lowest BCUT2D eigenvalue weighted by Gasteiger charge is -1.99. The predicted octanol–water partition coefficient (Wildman–Crippen LogP) is 2.60. The minimum Gasteiger partial charge on any atom is -0.258 e. The van der Waals surface area contributed by atoms with Crippen LogP contribution in [0.3, 0.4) is 0 Å². The molecule has 0 N–H and O–H groups in total. The van der Waals surface area contributed by atoms with Crippen LogP contribution in [0.4, 0.5) is 5.69 Å². The monoisotopic (exact) mass is 200 g/mol. The Balaban J connectivity index is 3.10. The molecular formula is C8H9ClN2O2. The summed E-state index contributed by atoms with van der Waals surface area (Å²) >= 11 is 5.62. The Morgan fingerprint density at radius 2 is 2.31 bits per heavy atom. The van der Waals surface area contributed by atoms with Gasteiger partial charge in [0.25, 0.3) is 5.69 Å². The summed E-state index contributed by atoms with van der Waals surface area (Å²) in [5, 5.41) is 10.8. The molecule has 70 valence electrons. The van der Waals surface area contributed by atoms with E-state index in [0.717, 1.165) is 6.42 Å². The quantitative estimate of drug-likeness (QED) is 0.428. The molecule has 0 saturated heterocycles. The Morgan fingerprint density at radius 1 is 1.62 bits per heavy atom. The van der Waals surface area contributed by atoms with E-state index in [4.69, 9.17) is 11.6 Å². The number of nitrogens with zero attached hydrogens (tertiary/aromatic N) is 2.